The van der Waals surface area contributed by atoms with E-state index in [2.05, 4.69) is 13.8 Å². The second-order valence-electron chi connectivity index (χ2n) is 5.79. The van der Waals surface area contributed by atoms with Gasteiger partial charge in [0.05, 0.1) is 13.2 Å². The monoisotopic (exact) mass is 340 g/mol. The van der Waals surface area contributed by atoms with Crippen LogP contribution in [0.4, 0.5) is 0 Å². The standard InChI is InChI=1S/C19H29ClO3/c1-3-5-7-9-11-22-17-13-16(19(20)21)14-18(15-17)23-12-10-8-6-4-2/h13-15H,3-12H2,1-2H3. The third kappa shape index (κ3) is 8.85. The SMILES string of the molecule is CCCCCCOc1cc(OCCCCCC)cc(C(=O)Cl)c1. The molecule has 0 bridgehead atoms. The average Bonchev–Trinajstić information content (AvgIpc) is 2.54. The van der Waals surface area contributed by atoms with Gasteiger partial charge >= 0.3 is 0 Å². The fourth-order valence-corrected chi connectivity index (χ4v) is 2.40. The Morgan fingerprint density at radius 2 is 1.30 bits per heavy atom. The summed E-state index contributed by atoms with van der Waals surface area (Å²) >= 11 is 5.60. The quantitative estimate of drug-likeness (QED) is 0.327. The molecule has 0 amide bonds. The average molecular weight is 341 g/mol. The molecule has 0 aliphatic heterocycles. The Balaban J connectivity index is 2.54. The van der Waals surface area contributed by atoms with Crippen molar-refractivity contribution in [3.05, 3.63) is 23.8 Å². The maximum absolute atomic E-state index is 11.4. The van der Waals surface area contributed by atoms with Gasteiger partial charge in [0.15, 0.2) is 0 Å². The number of carbonyl (C=O) groups excluding carboxylic acids is 1. The normalized spacial score (nSPS) is 10.6. The van der Waals surface area contributed by atoms with E-state index in [1.807, 2.05) is 6.07 Å². The molecule has 0 N–H and O–H groups in total. The Hall–Kier alpha value is -1.22. The van der Waals surface area contributed by atoms with E-state index in [4.69, 9.17) is 21.1 Å². The summed E-state index contributed by atoms with van der Waals surface area (Å²) in [6, 6.07) is 5.20. The predicted molar refractivity (Wildman–Crippen MR) is 95.9 cm³/mol. The van der Waals surface area contributed by atoms with Gasteiger partial charge in [0, 0.05) is 11.6 Å². The summed E-state index contributed by atoms with van der Waals surface area (Å²) in [5.74, 6) is 1.30. The topological polar surface area (TPSA) is 35.5 Å². The second-order valence-corrected chi connectivity index (χ2v) is 6.13. The molecule has 0 saturated carbocycles. The lowest BCUT2D eigenvalue weighted by atomic mass is 10.2. The summed E-state index contributed by atoms with van der Waals surface area (Å²) in [4.78, 5) is 11.4. The lowest BCUT2D eigenvalue weighted by Gasteiger charge is -2.11. The molecule has 0 aliphatic rings. The third-order valence-electron chi connectivity index (χ3n) is 3.64. The lowest BCUT2D eigenvalue weighted by Crippen LogP contribution is -2.02. The van der Waals surface area contributed by atoms with Crippen LogP contribution in [0.25, 0.3) is 0 Å². The first kappa shape index (κ1) is 19.8. The number of hydrogen-bond acceptors (Lipinski definition) is 3. The van der Waals surface area contributed by atoms with Crippen molar-refractivity contribution in [3.63, 3.8) is 0 Å². The van der Waals surface area contributed by atoms with Gasteiger partial charge in [0.1, 0.15) is 11.5 Å². The highest BCUT2D eigenvalue weighted by molar-refractivity contribution is 6.67. The van der Waals surface area contributed by atoms with Crippen LogP contribution in [0.3, 0.4) is 0 Å². The van der Waals surface area contributed by atoms with E-state index >= 15 is 0 Å². The summed E-state index contributed by atoms with van der Waals surface area (Å²) in [6.07, 6.45) is 9.18. The zero-order chi connectivity index (χ0) is 16.9. The van der Waals surface area contributed by atoms with E-state index in [0.29, 0.717) is 30.3 Å². The van der Waals surface area contributed by atoms with Crippen LogP contribution < -0.4 is 9.47 Å². The number of halogens is 1. The maximum Gasteiger partial charge on any atom is 0.252 e. The highest BCUT2D eigenvalue weighted by Gasteiger charge is 2.08. The van der Waals surface area contributed by atoms with E-state index in [1.165, 1.54) is 25.7 Å². The first-order valence-electron chi connectivity index (χ1n) is 8.77. The molecule has 23 heavy (non-hydrogen) atoms. The Kier molecular flexibility index (Phi) is 10.5. The minimum Gasteiger partial charge on any atom is -0.493 e. The molecule has 1 aromatic carbocycles. The third-order valence-corrected chi connectivity index (χ3v) is 3.86. The highest BCUT2D eigenvalue weighted by atomic mass is 35.5. The van der Waals surface area contributed by atoms with Crippen LogP contribution in [0, 0.1) is 0 Å². The molecule has 0 spiro atoms. The van der Waals surface area contributed by atoms with Gasteiger partial charge in [-0.2, -0.15) is 0 Å². The largest absolute Gasteiger partial charge is 0.493 e. The van der Waals surface area contributed by atoms with E-state index in [-0.39, 0.29) is 0 Å². The minimum absolute atomic E-state index is 0.418. The molecular formula is C19H29ClO3. The molecule has 0 fully saturated rings. The van der Waals surface area contributed by atoms with Gasteiger partial charge in [-0.15, -0.1) is 0 Å². The lowest BCUT2D eigenvalue weighted by molar-refractivity contribution is 0.108. The van der Waals surface area contributed by atoms with Gasteiger partial charge in [0.2, 0.25) is 0 Å². The van der Waals surface area contributed by atoms with Crippen LogP contribution in [0.5, 0.6) is 11.5 Å². The summed E-state index contributed by atoms with van der Waals surface area (Å²) in [7, 11) is 0. The van der Waals surface area contributed by atoms with Crippen molar-refractivity contribution in [1.29, 1.82) is 0 Å². The molecule has 130 valence electrons. The first-order valence-corrected chi connectivity index (χ1v) is 9.15. The first-order chi connectivity index (χ1) is 11.2. The van der Waals surface area contributed by atoms with Crippen molar-refractivity contribution >= 4 is 16.8 Å². The molecule has 4 heteroatoms. The van der Waals surface area contributed by atoms with Gasteiger partial charge in [0.25, 0.3) is 5.24 Å². The van der Waals surface area contributed by atoms with Crippen LogP contribution in [0.1, 0.15) is 75.6 Å². The Labute approximate surface area is 145 Å². The van der Waals surface area contributed by atoms with Crippen molar-refractivity contribution in [3.8, 4) is 11.5 Å². The minimum atomic E-state index is -0.489. The van der Waals surface area contributed by atoms with Crippen LogP contribution >= 0.6 is 11.6 Å². The van der Waals surface area contributed by atoms with Crippen molar-refractivity contribution in [2.45, 2.75) is 65.2 Å². The number of carbonyl (C=O) groups is 1. The molecule has 0 unspecified atom stereocenters. The summed E-state index contributed by atoms with van der Waals surface area (Å²) < 4.78 is 11.5. The molecule has 3 nitrogen and oxygen atoms in total. The zero-order valence-electron chi connectivity index (χ0n) is 14.4. The molecular weight excluding hydrogens is 312 g/mol. The smallest absolute Gasteiger partial charge is 0.252 e. The van der Waals surface area contributed by atoms with Crippen LogP contribution in [0.15, 0.2) is 18.2 Å². The maximum atomic E-state index is 11.4. The summed E-state index contributed by atoms with van der Waals surface area (Å²) in [5.41, 5.74) is 0.418. The number of benzene rings is 1. The van der Waals surface area contributed by atoms with Crippen molar-refractivity contribution < 1.29 is 14.3 Å². The van der Waals surface area contributed by atoms with Crippen LogP contribution in [0.2, 0.25) is 0 Å². The molecule has 0 aromatic heterocycles. The van der Waals surface area contributed by atoms with Gasteiger partial charge in [-0.1, -0.05) is 52.4 Å². The molecule has 0 saturated heterocycles. The number of unbranched alkanes of at least 4 members (excludes halogenated alkanes) is 6. The molecule has 0 radical (unpaired) electrons. The molecule has 0 atom stereocenters. The molecule has 0 heterocycles. The summed E-state index contributed by atoms with van der Waals surface area (Å²) in [5, 5.41) is -0.489. The Bertz CT molecular complexity index is 428. The van der Waals surface area contributed by atoms with E-state index in [9.17, 15) is 4.79 Å². The fourth-order valence-electron chi connectivity index (χ4n) is 2.29. The Morgan fingerprint density at radius 1 is 0.826 bits per heavy atom. The van der Waals surface area contributed by atoms with Crippen molar-refractivity contribution in [1.82, 2.24) is 0 Å². The number of hydrogen-bond donors (Lipinski definition) is 0. The van der Waals surface area contributed by atoms with Crippen molar-refractivity contribution in [2.75, 3.05) is 13.2 Å². The van der Waals surface area contributed by atoms with Gasteiger partial charge in [-0.05, 0) is 36.6 Å². The molecule has 0 aliphatic carbocycles. The zero-order valence-corrected chi connectivity index (χ0v) is 15.2. The van der Waals surface area contributed by atoms with E-state index < -0.39 is 5.24 Å². The second kappa shape index (κ2) is 12.2. The van der Waals surface area contributed by atoms with E-state index in [1.54, 1.807) is 12.1 Å². The predicted octanol–water partition coefficient (Wildman–Crippen LogP) is 5.98. The Morgan fingerprint density at radius 3 is 1.70 bits per heavy atom. The summed E-state index contributed by atoms with van der Waals surface area (Å²) in [6.45, 7) is 5.66. The fraction of sp³-hybridized carbons (Fsp3) is 0.632. The number of ether oxygens (including phenoxy) is 2. The van der Waals surface area contributed by atoms with Gasteiger partial charge < -0.3 is 9.47 Å². The van der Waals surface area contributed by atoms with Crippen molar-refractivity contribution in [2.24, 2.45) is 0 Å². The van der Waals surface area contributed by atoms with Gasteiger partial charge in [-0.25, -0.2) is 0 Å². The highest BCUT2D eigenvalue weighted by Crippen LogP contribution is 2.25. The molecule has 1 aromatic rings. The molecule has 1 rings (SSSR count). The number of rotatable bonds is 13. The van der Waals surface area contributed by atoms with Gasteiger partial charge in [-0.3, -0.25) is 4.79 Å². The van der Waals surface area contributed by atoms with Crippen LogP contribution in [-0.2, 0) is 0 Å². The van der Waals surface area contributed by atoms with E-state index in [0.717, 1.165) is 25.7 Å². The van der Waals surface area contributed by atoms with Crippen LogP contribution in [-0.4, -0.2) is 18.5 Å².